The van der Waals surface area contributed by atoms with Crippen molar-refractivity contribution in [2.24, 2.45) is 0 Å². The fourth-order valence-corrected chi connectivity index (χ4v) is 3.65. The van der Waals surface area contributed by atoms with Crippen molar-refractivity contribution in [3.63, 3.8) is 0 Å². The van der Waals surface area contributed by atoms with Gasteiger partial charge in [0, 0.05) is 17.6 Å². The van der Waals surface area contributed by atoms with Crippen molar-refractivity contribution in [1.82, 2.24) is 9.55 Å². The first-order valence-corrected chi connectivity index (χ1v) is 9.44. The molecule has 2 heterocycles. The van der Waals surface area contributed by atoms with Crippen LogP contribution in [0, 0.1) is 0 Å². The molecule has 0 aliphatic heterocycles. The fourth-order valence-electron chi connectivity index (χ4n) is 2.78. The maximum Gasteiger partial charge on any atom is 0.339 e. The third-order valence-electron chi connectivity index (χ3n) is 4.05. The Morgan fingerprint density at radius 1 is 1.22 bits per heavy atom. The van der Waals surface area contributed by atoms with Crippen molar-refractivity contribution < 1.29 is 14.3 Å². The molecule has 0 saturated carbocycles. The Balaban J connectivity index is 1.94. The molecule has 3 aromatic rings. The van der Waals surface area contributed by atoms with Gasteiger partial charge < -0.3 is 9.64 Å². The van der Waals surface area contributed by atoms with Crippen LogP contribution in [-0.2, 0) is 16.1 Å². The number of esters is 1. The summed E-state index contributed by atoms with van der Waals surface area (Å²) >= 11 is 1.20. The Hall–Kier alpha value is -3.00. The summed E-state index contributed by atoms with van der Waals surface area (Å²) in [6.45, 7) is 4.09. The topological polar surface area (TPSA) is 81.5 Å². The number of ether oxygens (including phenoxy) is 1. The standard InChI is InChI=1S/C19H19N3O4S/c1-3-22(13-8-6-5-7-9-13)15(23)10-21-12-20-17-16(18(21)24)14(11-27-17)19(25)26-4-2/h5-9,11-12H,3-4,10H2,1-2H3. The van der Waals surface area contributed by atoms with Gasteiger partial charge >= 0.3 is 5.97 Å². The smallest absolute Gasteiger partial charge is 0.339 e. The van der Waals surface area contributed by atoms with E-state index >= 15 is 0 Å². The number of hydrogen-bond donors (Lipinski definition) is 0. The number of likely N-dealkylation sites (N-methyl/N-ethyl adjacent to an activating group) is 1. The maximum absolute atomic E-state index is 12.9. The lowest BCUT2D eigenvalue weighted by Crippen LogP contribution is -2.36. The molecular formula is C19H19N3O4S. The van der Waals surface area contributed by atoms with Gasteiger partial charge in [0.25, 0.3) is 5.56 Å². The summed E-state index contributed by atoms with van der Waals surface area (Å²) < 4.78 is 6.23. The van der Waals surface area contributed by atoms with Crippen LogP contribution in [0.1, 0.15) is 24.2 Å². The molecule has 0 N–H and O–H groups in total. The van der Waals surface area contributed by atoms with Crippen molar-refractivity contribution in [3.05, 3.63) is 58.0 Å². The number of thiophene rings is 1. The molecule has 8 heteroatoms. The van der Waals surface area contributed by atoms with Crippen LogP contribution in [0.15, 0.2) is 46.8 Å². The normalized spacial score (nSPS) is 10.7. The van der Waals surface area contributed by atoms with Gasteiger partial charge in [0.2, 0.25) is 5.91 Å². The number of amides is 1. The van der Waals surface area contributed by atoms with Gasteiger partial charge in [0.05, 0.1) is 23.9 Å². The average Bonchev–Trinajstić information content (AvgIpc) is 3.11. The molecule has 3 rings (SSSR count). The lowest BCUT2D eigenvalue weighted by molar-refractivity contribution is -0.119. The van der Waals surface area contributed by atoms with Gasteiger partial charge in [-0.25, -0.2) is 9.78 Å². The molecule has 27 heavy (non-hydrogen) atoms. The number of benzene rings is 1. The molecule has 7 nitrogen and oxygen atoms in total. The van der Waals surface area contributed by atoms with Crippen LogP contribution in [-0.4, -0.2) is 34.6 Å². The summed E-state index contributed by atoms with van der Waals surface area (Å²) in [5, 5.41) is 1.75. The van der Waals surface area contributed by atoms with Gasteiger partial charge in [-0.2, -0.15) is 0 Å². The molecule has 0 bridgehead atoms. The quantitative estimate of drug-likeness (QED) is 0.610. The van der Waals surface area contributed by atoms with E-state index in [0.29, 0.717) is 11.4 Å². The molecule has 0 atom stereocenters. The number of anilines is 1. The number of carbonyl (C=O) groups is 2. The summed E-state index contributed by atoms with van der Waals surface area (Å²) in [6, 6.07) is 9.24. The minimum atomic E-state index is -0.564. The second kappa shape index (κ2) is 8.13. The van der Waals surface area contributed by atoms with E-state index in [9.17, 15) is 14.4 Å². The zero-order valence-electron chi connectivity index (χ0n) is 15.0. The third kappa shape index (κ3) is 3.75. The Morgan fingerprint density at radius 2 is 1.96 bits per heavy atom. The number of nitrogens with zero attached hydrogens (tertiary/aromatic N) is 3. The number of rotatable bonds is 6. The number of carbonyl (C=O) groups excluding carboxylic acids is 2. The Kier molecular flexibility index (Phi) is 5.66. The van der Waals surface area contributed by atoms with Crippen molar-refractivity contribution in [2.45, 2.75) is 20.4 Å². The van der Waals surface area contributed by atoms with Crippen LogP contribution in [0.3, 0.4) is 0 Å². The molecule has 140 valence electrons. The largest absolute Gasteiger partial charge is 0.462 e. The predicted molar refractivity (Wildman–Crippen MR) is 104 cm³/mol. The van der Waals surface area contributed by atoms with Gasteiger partial charge in [0.15, 0.2) is 0 Å². The molecular weight excluding hydrogens is 366 g/mol. The van der Waals surface area contributed by atoms with E-state index in [-0.39, 0.29) is 30.0 Å². The van der Waals surface area contributed by atoms with Crippen molar-refractivity contribution in [3.8, 4) is 0 Å². The molecule has 0 saturated heterocycles. The third-order valence-corrected chi connectivity index (χ3v) is 4.93. The summed E-state index contributed by atoms with van der Waals surface area (Å²) in [7, 11) is 0. The second-order valence-electron chi connectivity index (χ2n) is 5.70. The molecule has 0 fully saturated rings. The van der Waals surface area contributed by atoms with Crippen LogP contribution in [0.2, 0.25) is 0 Å². The van der Waals surface area contributed by atoms with E-state index in [1.54, 1.807) is 17.2 Å². The van der Waals surface area contributed by atoms with Crippen LogP contribution < -0.4 is 10.5 Å². The number of para-hydroxylation sites is 1. The van der Waals surface area contributed by atoms with E-state index < -0.39 is 11.5 Å². The predicted octanol–water partition coefficient (Wildman–Crippen LogP) is 2.69. The molecule has 0 unspecified atom stereocenters. The highest BCUT2D eigenvalue weighted by molar-refractivity contribution is 7.17. The minimum Gasteiger partial charge on any atom is -0.462 e. The van der Waals surface area contributed by atoms with E-state index in [1.807, 2.05) is 37.3 Å². The van der Waals surface area contributed by atoms with Crippen LogP contribution >= 0.6 is 11.3 Å². The average molecular weight is 385 g/mol. The van der Waals surface area contributed by atoms with E-state index in [4.69, 9.17) is 4.74 Å². The minimum absolute atomic E-state index is 0.164. The Bertz CT molecular complexity index is 1030. The molecule has 1 aromatic carbocycles. The highest BCUT2D eigenvalue weighted by atomic mass is 32.1. The highest BCUT2D eigenvalue weighted by Gasteiger charge is 2.20. The van der Waals surface area contributed by atoms with Gasteiger partial charge in [-0.3, -0.25) is 14.2 Å². The highest BCUT2D eigenvalue weighted by Crippen LogP contribution is 2.21. The molecule has 0 spiro atoms. The van der Waals surface area contributed by atoms with Crippen LogP contribution in [0.25, 0.3) is 10.2 Å². The van der Waals surface area contributed by atoms with E-state index in [1.165, 1.54) is 22.2 Å². The zero-order chi connectivity index (χ0) is 19.4. The summed E-state index contributed by atoms with van der Waals surface area (Å²) in [5.74, 6) is -0.800. The van der Waals surface area contributed by atoms with E-state index in [0.717, 1.165) is 5.69 Å². The monoisotopic (exact) mass is 385 g/mol. The van der Waals surface area contributed by atoms with Crippen LogP contribution in [0.5, 0.6) is 0 Å². The van der Waals surface area contributed by atoms with Crippen molar-refractivity contribution in [2.75, 3.05) is 18.1 Å². The lowest BCUT2D eigenvalue weighted by atomic mass is 10.2. The molecule has 0 aliphatic rings. The van der Waals surface area contributed by atoms with Gasteiger partial charge in [-0.15, -0.1) is 11.3 Å². The number of hydrogen-bond acceptors (Lipinski definition) is 6. The molecule has 0 radical (unpaired) electrons. The molecule has 0 aliphatic carbocycles. The summed E-state index contributed by atoms with van der Waals surface area (Å²) in [6.07, 6.45) is 1.34. The van der Waals surface area contributed by atoms with Crippen LogP contribution in [0.4, 0.5) is 5.69 Å². The first kappa shape index (κ1) is 18.8. The molecule has 1 amide bonds. The summed E-state index contributed by atoms with van der Waals surface area (Å²) in [4.78, 5) is 43.9. The maximum atomic E-state index is 12.9. The second-order valence-corrected chi connectivity index (χ2v) is 6.56. The fraction of sp³-hybridized carbons (Fsp3) is 0.263. The number of aromatic nitrogens is 2. The molecule has 2 aromatic heterocycles. The van der Waals surface area contributed by atoms with Gasteiger partial charge in [-0.05, 0) is 26.0 Å². The zero-order valence-corrected chi connectivity index (χ0v) is 15.9. The van der Waals surface area contributed by atoms with Crippen molar-refractivity contribution in [1.29, 1.82) is 0 Å². The Morgan fingerprint density at radius 3 is 2.63 bits per heavy atom. The lowest BCUT2D eigenvalue weighted by Gasteiger charge is -2.21. The summed E-state index contributed by atoms with van der Waals surface area (Å²) in [5.41, 5.74) is 0.517. The van der Waals surface area contributed by atoms with Gasteiger partial charge in [0.1, 0.15) is 11.4 Å². The van der Waals surface area contributed by atoms with E-state index in [2.05, 4.69) is 4.98 Å². The first-order valence-electron chi connectivity index (χ1n) is 8.56. The SMILES string of the molecule is CCOC(=O)c1csc2ncn(CC(=O)N(CC)c3ccccc3)c(=O)c12. The van der Waals surface area contributed by atoms with Crippen molar-refractivity contribution >= 4 is 39.1 Å². The van der Waals surface area contributed by atoms with Gasteiger partial charge in [-0.1, -0.05) is 18.2 Å². The Labute approximate surface area is 159 Å². The number of fused-ring (bicyclic) bond motifs is 1. The first-order chi connectivity index (χ1) is 13.1.